The Morgan fingerprint density at radius 1 is 1.41 bits per heavy atom. The van der Waals surface area contributed by atoms with E-state index in [0.29, 0.717) is 6.42 Å². The van der Waals surface area contributed by atoms with Crippen molar-refractivity contribution < 1.29 is 9.21 Å². The molecule has 0 saturated heterocycles. The molecule has 3 heterocycles. The van der Waals surface area contributed by atoms with Gasteiger partial charge in [-0.05, 0) is 34.9 Å². The zero-order valence-electron chi connectivity index (χ0n) is 12.0. The molecule has 1 amide bonds. The second-order valence-corrected chi connectivity index (χ2v) is 7.13. The molecule has 3 aromatic rings. The molecule has 0 fully saturated rings. The van der Waals surface area contributed by atoms with Gasteiger partial charge in [-0.25, -0.2) is 4.98 Å². The van der Waals surface area contributed by atoms with Crippen LogP contribution in [0.25, 0.3) is 11.3 Å². The highest BCUT2D eigenvalue weighted by molar-refractivity contribution is 7.16. The number of hydrogen-bond donors (Lipinski definition) is 0. The highest BCUT2D eigenvalue weighted by Gasteiger charge is 2.25. The first-order chi connectivity index (χ1) is 10.7. The minimum Gasteiger partial charge on any atom is -0.469 e. The van der Waals surface area contributed by atoms with Gasteiger partial charge < -0.3 is 4.42 Å². The van der Waals surface area contributed by atoms with Crippen LogP contribution in [0.5, 0.6) is 0 Å². The van der Waals surface area contributed by atoms with Crippen molar-refractivity contribution in [3.05, 3.63) is 45.4 Å². The SMILES string of the molecule is CN(C(=O)Cc1ccsc1)c1nc2c(s1)CCc1occc1-2. The summed E-state index contributed by atoms with van der Waals surface area (Å²) < 4.78 is 5.49. The average Bonchev–Trinajstić information content (AvgIpc) is 3.24. The standard InChI is InChI=1S/C16H14N2O2S2/c1-18(14(19)8-10-5-7-21-9-10)16-17-15-11-4-6-20-12(11)2-3-13(15)22-16/h4-7,9H,2-3,8H2,1H3. The van der Waals surface area contributed by atoms with Crippen molar-refractivity contribution in [1.82, 2.24) is 4.98 Å². The summed E-state index contributed by atoms with van der Waals surface area (Å²) in [4.78, 5) is 20.0. The number of aryl methyl sites for hydroxylation is 2. The number of fused-ring (bicyclic) bond motifs is 3. The number of furan rings is 1. The van der Waals surface area contributed by atoms with Gasteiger partial charge in [0.2, 0.25) is 5.91 Å². The van der Waals surface area contributed by atoms with Crippen molar-refractivity contribution >= 4 is 33.7 Å². The number of likely N-dealkylation sites (N-methyl/N-ethyl adjacent to an activating group) is 1. The van der Waals surface area contributed by atoms with Crippen LogP contribution in [0, 0.1) is 0 Å². The van der Waals surface area contributed by atoms with Gasteiger partial charge in [-0.3, -0.25) is 9.69 Å². The maximum atomic E-state index is 12.4. The number of thiazole rings is 1. The van der Waals surface area contributed by atoms with Crippen molar-refractivity contribution in [1.29, 1.82) is 0 Å². The third kappa shape index (κ3) is 2.28. The summed E-state index contributed by atoms with van der Waals surface area (Å²) in [6.07, 6.45) is 3.97. The van der Waals surface area contributed by atoms with Gasteiger partial charge in [0.1, 0.15) is 5.76 Å². The van der Waals surface area contributed by atoms with Gasteiger partial charge in [0.25, 0.3) is 0 Å². The van der Waals surface area contributed by atoms with E-state index in [1.54, 1.807) is 40.9 Å². The van der Waals surface area contributed by atoms with E-state index in [9.17, 15) is 4.79 Å². The topological polar surface area (TPSA) is 46.3 Å². The molecule has 4 rings (SSSR count). The largest absolute Gasteiger partial charge is 0.469 e. The van der Waals surface area contributed by atoms with Crippen LogP contribution in [-0.2, 0) is 24.1 Å². The van der Waals surface area contributed by atoms with E-state index in [-0.39, 0.29) is 5.91 Å². The summed E-state index contributed by atoms with van der Waals surface area (Å²) in [6, 6.07) is 3.95. The van der Waals surface area contributed by atoms with Crippen LogP contribution in [-0.4, -0.2) is 17.9 Å². The number of carbonyl (C=O) groups is 1. The Balaban J connectivity index is 1.60. The molecule has 0 unspecified atom stereocenters. The smallest absolute Gasteiger partial charge is 0.232 e. The Morgan fingerprint density at radius 3 is 3.14 bits per heavy atom. The molecule has 1 aliphatic carbocycles. The van der Waals surface area contributed by atoms with Crippen LogP contribution < -0.4 is 4.90 Å². The van der Waals surface area contributed by atoms with E-state index >= 15 is 0 Å². The number of amides is 1. The van der Waals surface area contributed by atoms with Gasteiger partial charge >= 0.3 is 0 Å². The first-order valence-electron chi connectivity index (χ1n) is 7.06. The lowest BCUT2D eigenvalue weighted by atomic mass is 10.0. The molecule has 0 aromatic carbocycles. The van der Waals surface area contributed by atoms with Crippen LogP contribution in [0.2, 0.25) is 0 Å². The highest BCUT2D eigenvalue weighted by atomic mass is 32.1. The van der Waals surface area contributed by atoms with E-state index in [0.717, 1.165) is 40.6 Å². The Kier molecular flexibility index (Phi) is 3.35. The molecule has 0 aliphatic heterocycles. The molecule has 0 spiro atoms. The Labute approximate surface area is 136 Å². The molecule has 0 bridgehead atoms. The lowest BCUT2D eigenvalue weighted by Crippen LogP contribution is -2.27. The van der Waals surface area contributed by atoms with Crippen LogP contribution in [0.3, 0.4) is 0 Å². The molecule has 3 aromatic heterocycles. The van der Waals surface area contributed by atoms with Crippen LogP contribution in [0.4, 0.5) is 5.13 Å². The number of thiophene rings is 1. The van der Waals surface area contributed by atoms with Crippen molar-refractivity contribution in [3.63, 3.8) is 0 Å². The first kappa shape index (κ1) is 13.7. The summed E-state index contributed by atoms with van der Waals surface area (Å²) in [5.74, 6) is 1.06. The molecule has 0 atom stereocenters. The summed E-state index contributed by atoms with van der Waals surface area (Å²) in [6.45, 7) is 0. The molecule has 0 radical (unpaired) electrons. The van der Waals surface area contributed by atoms with Crippen LogP contribution in [0.15, 0.2) is 33.6 Å². The van der Waals surface area contributed by atoms with E-state index in [1.807, 2.05) is 22.9 Å². The first-order valence-corrected chi connectivity index (χ1v) is 8.82. The summed E-state index contributed by atoms with van der Waals surface area (Å²) >= 11 is 3.22. The highest BCUT2D eigenvalue weighted by Crippen LogP contribution is 2.39. The summed E-state index contributed by atoms with van der Waals surface area (Å²) in [7, 11) is 1.80. The molecule has 0 saturated carbocycles. The predicted octanol–water partition coefficient (Wildman–Crippen LogP) is 3.77. The van der Waals surface area contributed by atoms with E-state index < -0.39 is 0 Å². The zero-order chi connectivity index (χ0) is 15.1. The Hall–Kier alpha value is -1.92. The fraction of sp³-hybridized carbons (Fsp3) is 0.250. The molecular formula is C16H14N2O2S2. The maximum Gasteiger partial charge on any atom is 0.232 e. The minimum absolute atomic E-state index is 0.0666. The third-order valence-corrected chi connectivity index (χ3v) is 5.79. The average molecular weight is 330 g/mol. The molecule has 22 heavy (non-hydrogen) atoms. The number of aromatic nitrogens is 1. The van der Waals surface area contributed by atoms with Crippen molar-refractivity contribution in [2.45, 2.75) is 19.3 Å². The van der Waals surface area contributed by atoms with E-state index in [4.69, 9.17) is 4.42 Å². The van der Waals surface area contributed by atoms with Gasteiger partial charge in [-0.1, -0.05) is 0 Å². The molecule has 4 nitrogen and oxygen atoms in total. The van der Waals surface area contributed by atoms with Crippen molar-refractivity contribution in [2.24, 2.45) is 0 Å². The lowest BCUT2D eigenvalue weighted by molar-refractivity contribution is -0.117. The maximum absolute atomic E-state index is 12.4. The molecule has 112 valence electrons. The second kappa shape index (κ2) is 5.37. The van der Waals surface area contributed by atoms with Gasteiger partial charge in [0, 0.05) is 23.9 Å². The lowest BCUT2D eigenvalue weighted by Gasteiger charge is -2.12. The van der Waals surface area contributed by atoms with E-state index in [2.05, 4.69) is 4.98 Å². The number of rotatable bonds is 3. The molecule has 6 heteroatoms. The number of anilines is 1. The fourth-order valence-corrected chi connectivity index (χ4v) is 4.35. The van der Waals surface area contributed by atoms with Crippen LogP contribution in [0.1, 0.15) is 16.2 Å². The second-order valence-electron chi connectivity index (χ2n) is 5.29. The predicted molar refractivity (Wildman–Crippen MR) is 88.7 cm³/mol. The van der Waals surface area contributed by atoms with Crippen molar-refractivity contribution in [3.8, 4) is 11.3 Å². The number of carbonyl (C=O) groups excluding carboxylic acids is 1. The molecular weight excluding hydrogens is 316 g/mol. The van der Waals surface area contributed by atoms with E-state index in [1.165, 1.54) is 4.88 Å². The number of hydrogen-bond acceptors (Lipinski definition) is 5. The Morgan fingerprint density at radius 2 is 2.32 bits per heavy atom. The summed E-state index contributed by atoms with van der Waals surface area (Å²) in [5, 5.41) is 4.76. The Bertz CT molecular complexity index is 817. The van der Waals surface area contributed by atoms with Crippen molar-refractivity contribution in [2.75, 3.05) is 11.9 Å². The summed E-state index contributed by atoms with van der Waals surface area (Å²) in [5.41, 5.74) is 3.10. The minimum atomic E-state index is 0.0666. The number of nitrogens with zero attached hydrogens (tertiary/aromatic N) is 2. The zero-order valence-corrected chi connectivity index (χ0v) is 13.7. The van der Waals surface area contributed by atoms with Gasteiger partial charge in [0.15, 0.2) is 5.13 Å². The third-order valence-electron chi connectivity index (χ3n) is 3.86. The van der Waals surface area contributed by atoms with Gasteiger partial charge in [0.05, 0.1) is 18.4 Å². The monoisotopic (exact) mass is 330 g/mol. The quantitative estimate of drug-likeness (QED) is 0.734. The fourth-order valence-electron chi connectivity index (χ4n) is 2.63. The van der Waals surface area contributed by atoms with Gasteiger partial charge in [-0.15, -0.1) is 11.3 Å². The normalized spacial score (nSPS) is 12.8. The molecule has 0 N–H and O–H groups in total. The van der Waals surface area contributed by atoms with Gasteiger partial charge in [-0.2, -0.15) is 11.3 Å². The van der Waals surface area contributed by atoms with Crippen LogP contribution >= 0.6 is 22.7 Å². The molecule has 1 aliphatic rings.